The van der Waals surface area contributed by atoms with E-state index in [4.69, 9.17) is 9.84 Å². The number of nitrogens with one attached hydrogen (secondary N) is 3. The molecule has 1 aliphatic carbocycles. The third kappa shape index (κ3) is 5.51. The number of ether oxygens (including phenoxy) is 1. The van der Waals surface area contributed by atoms with Crippen LogP contribution < -0.4 is 10.6 Å². The van der Waals surface area contributed by atoms with Crippen molar-refractivity contribution in [2.45, 2.75) is 45.2 Å². The van der Waals surface area contributed by atoms with Gasteiger partial charge in [0.2, 0.25) is 5.91 Å². The number of hydrogen-bond acceptors (Lipinski definition) is 5. The van der Waals surface area contributed by atoms with E-state index in [9.17, 15) is 14.4 Å². The van der Waals surface area contributed by atoms with Crippen LogP contribution in [0.4, 0.5) is 4.79 Å². The van der Waals surface area contributed by atoms with Crippen molar-refractivity contribution in [2.24, 2.45) is 0 Å². The number of rotatable bonds is 9. The van der Waals surface area contributed by atoms with Crippen molar-refractivity contribution in [1.82, 2.24) is 20.6 Å². The molecule has 0 spiro atoms. The molecule has 4 rings (SSSR count). The van der Waals surface area contributed by atoms with Crippen molar-refractivity contribution >= 4 is 18.0 Å². The zero-order chi connectivity index (χ0) is 24.9. The topological polar surface area (TPSA) is 133 Å². The number of fused-ring (bicyclic) bond motifs is 3. The largest absolute Gasteiger partial charge is 0.481 e. The number of aromatic amines is 1. The summed E-state index contributed by atoms with van der Waals surface area (Å²) in [5, 5.41) is 14.3. The van der Waals surface area contributed by atoms with Crippen LogP contribution in [0, 0.1) is 13.8 Å². The molecular weight excluding hydrogens is 448 g/mol. The first-order valence-electron chi connectivity index (χ1n) is 11.5. The van der Waals surface area contributed by atoms with E-state index in [1.807, 2.05) is 62.4 Å². The van der Waals surface area contributed by atoms with Gasteiger partial charge in [-0.3, -0.25) is 9.59 Å². The number of aromatic nitrogens is 2. The molecule has 0 saturated carbocycles. The number of hydrogen-bond donors (Lipinski definition) is 4. The van der Waals surface area contributed by atoms with Crippen molar-refractivity contribution in [3.8, 4) is 11.1 Å². The van der Waals surface area contributed by atoms with Crippen molar-refractivity contribution in [3.63, 3.8) is 0 Å². The first-order valence-corrected chi connectivity index (χ1v) is 11.5. The molecule has 2 aromatic carbocycles. The van der Waals surface area contributed by atoms with Crippen molar-refractivity contribution < 1.29 is 24.2 Å². The quantitative estimate of drug-likeness (QED) is 0.374. The second-order valence-corrected chi connectivity index (χ2v) is 8.57. The van der Waals surface area contributed by atoms with Crippen molar-refractivity contribution in [2.75, 3.05) is 6.61 Å². The highest BCUT2D eigenvalue weighted by molar-refractivity contribution is 5.86. The maximum atomic E-state index is 12.8. The Balaban J connectivity index is 1.39. The molecule has 1 aromatic heterocycles. The Bertz CT molecular complexity index is 1210. The Labute approximate surface area is 202 Å². The first-order chi connectivity index (χ1) is 16.8. The van der Waals surface area contributed by atoms with Gasteiger partial charge in [-0.25, -0.2) is 9.78 Å². The molecule has 9 nitrogen and oxygen atoms in total. The van der Waals surface area contributed by atoms with Gasteiger partial charge < -0.3 is 25.5 Å². The minimum Gasteiger partial charge on any atom is -0.481 e. The number of carbonyl (C=O) groups is 3. The molecule has 0 saturated heterocycles. The lowest BCUT2D eigenvalue weighted by molar-refractivity contribution is -0.137. The molecule has 1 heterocycles. The average Bonchev–Trinajstić information content (AvgIpc) is 3.34. The summed E-state index contributed by atoms with van der Waals surface area (Å²) in [6.45, 7) is 3.91. The van der Waals surface area contributed by atoms with E-state index in [0.717, 1.165) is 33.8 Å². The van der Waals surface area contributed by atoms with Crippen LogP contribution in [0.5, 0.6) is 0 Å². The lowest BCUT2D eigenvalue weighted by atomic mass is 9.98. The van der Waals surface area contributed by atoms with Crippen LogP contribution in [0.2, 0.25) is 0 Å². The molecule has 1 atom stereocenters. The molecule has 9 heteroatoms. The van der Waals surface area contributed by atoms with E-state index in [1.54, 1.807) is 0 Å². The van der Waals surface area contributed by atoms with Gasteiger partial charge in [-0.05, 0) is 42.5 Å². The van der Waals surface area contributed by atoms with Gasteiger partial charge in [-0.2, -0.15) is 0 Å². The van der Waals surface area contributed by atoms with Gasteiger partial charge in [-0.15, -0.1) is 0 Å². The highest BCUT2D eigenvalue weighted by Gasteiger charge is 2.30. The molecule has 0 bridgehead atoms. The van der Waals surface area contributed by atoms with E-state index in [-0.39, 0.29) is 31.9 Å². The number of amides is 2. The van der Waals surface area contributed by atoms with Crippen molar-refractivity contribution in [3.05, 3.63) is 76.9 Å². The summed E-state index contributed by atoms with van der Waals surface area (Å²) in [4.78, 5) is 43.8. The molecule has 0 fully saturated rings. The van der Waals surface area contributed by atoms with Gasteiger partial charge in [0.1, 0.15) is 18.5 Å². The SMILES string of the molecule is Cc1nc(CNC(=O)C(CCC(=O)O)NC(=O)OCC2c3ccccc3-c3ccccc32)c(C)[nH]1. The number of alkyl carbamates (subject to hydrolysis) is 1. The maximum Gasteiger partial charge on any atom is 0.407 e. The fourth-order valence-corrected chi connectivity index (χ4v) is 4.44. The monoisotopic (exact) mass is 476 g/mol. The lowest BCUT2D eigenvalue weighted by Gasteiger charge is -2.19. The van der Waals surface area contributed by atoms with Crippen LogP contribution in [0.15, 0.2) is 48.5 Å². The number of carboxylic acid groups (broad SMARTS) is 1. The zero-order valence-corrected chi connectivity index (χ0v) is 19.6. The maximum absolute atomic E-state index is 12.8. The molecule has 35 heavy (non-hydrogen) atoms. The smallest absolute Gasteiger partial charge is 0.407 e. The Morgan fingerprint density at radius 2 is 1.69 bits per heavy atom. The Kier molecular flexibility index (Phi) is 7.14. The molecule has 1 unspecified atom stereocenters. The Hall–Kier alpha value is -4.14. The Morgan fingerprint density at radius 1 is 1.06 bits per heavy atom. The van der Waals surface area contributed by atoms with Crippen LogP contribution >= 0.6 is 0 Å². The molecule has 182 valence electrons. The fourth-order valence-electron chi connectivity index (χ4n) is 4.44. The van der Waals surface area contributed by atoms with E-state index in [0.29, 0.717) is 5.69 Å². The predicted octanol–water partition coefficient (Wildman–Crippen LogP) is 3.41. The average molecular weight is 477 g/mol. The number of H-pyrrole nitrogens is 1. The highest BCUT2D eigenvalue weighted by atomic mass is 16.5. The summed E-state index contributed by atoms with van der Waals surface area (Å²) in [6, 6.07) is 14.9. The van der Waals surface area contributed by atoms with Crippen LogP contribution in [0.1, 0.15) is 47.1 Å². The van der Waals surface area contributed by atoms with Crippen LogP contribution in [-0.4, -0.2) is 45.7 Å². The van der Waals surface area contributed by atoms with Gasteiger partial charge in [0, 0.05) is 18.0 Å². The van der Waals surface area contributed by atoms with Gasteiger partial charge in [0.25, 0.3) is 0 Å². The summed E-state index contributed by atoms with van der Waals surface area (Å²) >= 11 is 0. The highest BCUT2D eigenvalue weighted by Crippen LogP contribution is 2.44. The zero-order valence-electron chi connectivity index (χ0n) is 19.6. The van der Waals surface area contributed by atoms with Crippen LogP contribution in [-0.2, 0) is 20.9 Å². The lowest BCUT2D eigenvalue weighted by Crippen LogP contribution is -2.47. The molecule has 2 amide bonds. The number of aryl methyl sites for hydroxylation is 2. The number of aliphatic carboxylic acids is 1. The van der Waals surface area contributed by atoms with Gasteiger partial charge in [-0.1, -0.05) is 48.5 Å². The molecule has 4 N–H and O–H groups in total. The standard InChI is InChI=1S/C26H28N4O5/c1-15-23(29-16(2)28-15)13-27-25(33)22(11-12-24(31)32)30-26(34)35-14-21-19-9-5-3-7-17(19)18-8-4-6-10-20(18)21/h3-10,21-22H,11-14H2,1-2H3,(H,27,33)(H,28,29)(H,30,34)(H,31,32). The first kappa shape index (κ1) is 24.0. The molecule has 3 aromatic rings. The van der Waals surface area contributed by atoms with Crippen LogP contribution in [0.25, 0.3) is 11.1 Å². The fraction of sp³-hybridized carbons (Fsp3) is 0.308. The molecule has 0 radical (unpaired) electrons. The number of carbonyl (C=O) groups excluding carboxylic acids is 2. The normalized spacial score (nSPS) is 13.0. The second-order valence-electron chi connectivity index (χ2n) is 8.57. The summed E-state index contributed by atoms with van der Waals surface area (Å²) < 4.78 is 5.52. The second kappa shape index (κ2) is 10.4. The number of benzene rings is 2. The molecule has 0 aliphatic heterocycles. The number of carboxylic acids is 1. The summed E-state index contributed by atoms with van der Waals surface area (Å²) in [5.74, 6) is -0.952. The minimum atomic E-state index is -1.06. The number of imidazole rings is 1. The summed E-state index contributed by atoms with van der Waals surface area (Å²) in [5.41, 5.74) is 5.88. The van der Waals surface area contributed by atoms with E-state index in [2.05, 4.69) is 20.6 Å². The van der Waals surface area contributed by atoms with Gasteiger partial charge >= 0.3 is 12.1 Å². The minimum absolute atomic E-state index is 0.0655. The third-order valence-electron chi connectivity index (χ3n) is 6.13. The van der Waals surface area contributed by atoms with Gasteiger partial charge in [0.05, 0.1) is 12.2 Å². The molecule has 1 aliphatic rings. The number of nitrogens with zero attached hydrogens (tertiary/aromatic N) is 1. The predicted molar refractivity (Wildman–Crippen MR) is 129 cm³/mol. The van der Waals surface area contributed by atoms with E-state index >= 15 is 0 Å². The third-order valence-corrected chi connectivity index (χ3v) is 6.13. The van der Waals surface area contributed by atoms with E-state index in [1.165, 1.54) is 0 Å². The Morgan fingerprint density at radius 3 is 2.26 bits per heavy atom. The summed E-state index contributed by atoms with van der Waals surface area (Å²) in [6.07, 6.45) is -1.11. The molecular formula is C26H28N4O5. The van der Waals surface area contributed by atoms with Crippen LogP contribution in [0.3, 0.4) is 0 Å². The van der Waals surface area contributed by atoms with Gasteiger partial charge in [0.15, 0.2) is 0 Å². The van der Waals surface area contributed by atoms with E-state index < -0.39 is 24.0 Å². The summed E-state index contributed by atoms with van der Waals surface area (Å²) in [7, 11) is 0. The van der Waals surface area contributed by atoms with Crippen molar-refractivity contribution in [1.29, 1.82) is 0 Å².